The Labute approximate surface area is 183 Å². The summed E-state index contributed by atoms with van der Waals surface area (Å²) < 4.78 is 41.7. The van der Waals surface area contributed by atoms with Gasteiger partial charge < -0.3 is 5.32 Å². The molecule has 0 unspecified atom stereocenters. The van der Waals surface area contributed by atoms with Gasteiger partial charge in [-0.3, -0.25) is 9.78 Å². The number of hydrogen-bond donors (Lipinski definition) is 1. The molecule has 4 rings (SSSR count). The highest BCUT2D eigenvalue weighted by Crippen LogP contribution is 2.34. The summed E-state index contributed by atoms with van der Waals surface area (Å²) in [4.78, 5) is 20.7. The van der Waals surface area contributed by atoms with E-state index in [-0.39, 0.29) is 33.6 Å². The Morgan fingerprint density at radius 1 is 1.06 bits per heavy atom. The van der Waals surface area contributed by atoms with Crippen LogP contribution in [0.2, 0.25) is 10.0 Å². The highest BCUT2D eigenvalue weighted by molar-refractivity contribution is 6.42. The van der Waals surface area contributed by atoms with E-state index in [0.29, 0.717) is 15.8 Å². The largest absolute Gasteiger partial charge is 0.433 e. The lowest BCUT2D eigenvalue weighted by Gasteiger charge is -2.11. The van der Waals surface area contributed by atoms with Gasteiger partial charge >= 0.3 is 6.18 Å². The minimum absolute atomic E-state index is 0.0127. The van der Waals surface area contributed by atoms with Gasteiger partial charge in [0.25, 0.3) is 5.91 Å². The molecule has 0 radical (unpaired) electrons. The Kier molecular flexibility index (Phi) is 5.55. The maximum absolute atomic E-state index is 13.7. The van der Waals surface area contributed by atoms with Crippen LogP contribution in [0.4, 0.5) is 13.2 Å². The van der Waals surface area contributed by atoms with Crippen molar-refractivity contribution in [2.75, 3.05) is 0 Å². The van der Waals surface area contributed by atoms with Crippen molar-refractivity contribution in [3.05, 3.63) is 81.9 Å². The van der Waals surface area contributed by atoms with E-state index in [1.165, 1.54) is 24.3 Å². The van der Waals surface area contributed by atoms with Gasteiger partial charge in [-0.1, -0.05) is 35.3 Å². The first-order valence-corrected chi connectivity index (χ1v) is 9.59. The molecule has 0 aliphatic heterocycles. The normalized spacial score (nSPS) is 11.6. The molecule has 1 amide bonds. The summed E-state index contributed by atoms with van der Waals surface area (Å²) in [6.45, 7) is 0.0988. The second kappa shape index (κ2) is 8.16. The van der Waals surface area contributed by atoms with Crippen LogP contribution >= 0.6 is 23.2 Å². The molecular formula is C20H12Cl2F3N5O. The number of nitrogens with zero attached hydrogens (tertiary/aromatic N) is 4. The van der Waals surface area contributed by atoms with Crippen molar-refractivity contribution < 1.29 is 18.0 Å². The zero-order chi connectivity index (χ0) is 22.2. The van der Waals surface area contributed by atoms with E-state index in [0.717, 1.165) is 6.07 Å². The lowest BCUT2D eigenvalue weighted by Crippen LogP contribution is -2.24. The van der Waals surface area contributed by atoms with Crippen LogP contribution in [0.1, 0.15) is 21.9 Å². The van der Waals surface area contributed by atoms with Crippen LogP contribution in [0, 0.1) is 0 Å². The summed E-state index contributed by atoms with van der Waals surface area (Å²) in [5, 5.41) is 6.83. The van der Waals surface area contributed by atoms with Crippen molar-refractivity contribution in [2.24, 2.45) is 0 Å². The first kappa shape index (κ1) is 21.1. The number of amides is 1. The summed E-state index contributed by atoms with van der Waals surface area (Å²) in [7, 11) is 0. The molecule has 0 atom stereocenters. The highest BCUT2D eigenvalue weighted by Gasteiger charge is 2.35. The third-order valence-electron chi connectivity index (χ3n) is 4.32. The first-order chi connectivity index (χ1) is 14.7. The summed E-state index contributed by atoms with van der Waals surface area (Å²) in [6, 6.07) is 11.6. The van der Waals surface area contributed by atoms with Gasteiger partial charge in [-0.25, -0.2) is 9.50 Å². The van der Waals surface area contributed by atoms with Gasteiger partial charge in [0.05, 0.1) is 28.0 Å². The Morgan fingerprint density at radius 2 is 1.87 bits per heavy atom. The molecule has 0 spiro atoms. The predicted octanol–water partition coefficient (Wildman–Crippen LogP) is 5.05. The second-order valence-electron chi connectivity index (χ2n) is 6.46. The third-order valence-corrected chi connectivity index (χ3v) is 5.06. The number of benzene rings is 1. The maximum Gasteiger partial charge on any atom is 0.433 e. The molecule has 3 aromatic heterocycles. The van der Waals surface area contributed by atoms with Crippen LogP contribution < -0.4 is 5.32 Å². The van der Waals surface area contributed by atoms with E-state index in [1.807, 2.05) is 0 Å². The Balaban J connectivity index is 1.73. The number of fused-ring (bicyclic) bond motifs is 1. The molecule has 31 heavy (non-hydrogen) atoms. The number of carbonyl (C=O) groups excluding carboxylic acids is 1. The average Bonchev–Trinajstić information content (AvgIpc) is 3.17. The molecule has 11 heteroatoms. The van der Waals surface area contributed by atoms with Gasteiger partial charge in [0.2, 0.25) is 0 Å². The minimum atomic E-state index is -4.74. The molecule has 1 aromatic carbocycles. The van der Waals surface area contributed by atoms with E-state index in [1.54, 1.807) is 24.4 Å². The van der Waals surface area contributed by atoms with Gasteiger partial charge in [0.15, 0.2) is 17.0 Å². The number of alkyl halides is 3. The van der Waals surface area contributed by atoms with E-state index in [9.17, 15) is 18.0 Å². The van der Waals surface area contributed by atoms with Gasteiger partial charge in [-0.2, -0.15) is 18.3 Å². The zero-order valence-electron chi connectivity index (χ0n) is 15.5. The molecule has 3 heterocycles. The molecule has 0 aliphatic rings. The fraction of sp³-hybridized carbons (Fsp3) is 0.100. The number of rotatable bonds is 4. The summed E-state index contributed by atoms with van der Waals surface area (Å²) in [5.74, 6) is -0.652. The molecule has 4 aromatic rings. The molecule has 0 saturated carbocycles. The van der Waals surface area contributed by atoms with Crippen molar-refractivity contribution in [1.82, 2.24) is 24.9 Å². The standard InChI is InChI=1S/C20H12Cl2F3N5O/c21-13-5-4-11(7-14(13)22)15-8-17(20(23,24)25)30-18(28-15)9-16(29-30)19(31)27-10-12-3-1-2-6-26-12/h1-9H,10H2,(H,27,31). The van der Waals surface area contributed by atoms with Crippen molar-refractivity contribution in [3.63, 3.8) is 0 Å². The third kappa shape index (κ3) is 4.47. The number of hydrogen-bond acceptors (Lipinski definition) is 4. The van der Waals surface area contributed by atoms with Crippen LogP contribution in [0.15, 0.2) is 54.7 Å². The molecule has 158 valence electrons. The predicted molar refractivity (Wildman–Crippen MR) is 109 cm³/mol. The van der Waals surface area contributed by atoms with E-state index < -0.39 is 17.8 Å². The van der Waals surface area contributed by atoms with Gasteiger partial charge in [0.1, 0.15) is 0 Å². The monoisotopic (exact) mass is 465 g/mol. The summed E-state index contributed by atoms with van der Waals surface area (Å²) >= 11 is 11.9. The topological polar surface area (TPSA) is 72.2 Å². The molecular weight excluding hydrogens is 454 g/mol. The van der Waals surface area contributed by atoms with E-state index in [4.69, 9.17) is 23.2 Å². The molecule has 0 bridgehead atoms. The molecule has 0 saturated heterocycles. The van der Waals surface area contributed by atoms with Gasteiger partial charge in [-0.05, 0) is 30.3 Å². The number of halogens is 5. The zero-order valence-corrected chi connectivity index (χ0v) is 17.0. The maximum atomic E-state index is 13.7. The molecule has 0 fully saturated rings. The lowest BCUT2D eigenvalue weighted by atomic mass is 10.1. The summed E-state index contributed by atoms with van der Waals surface area (Å²) in [6.07, 6.45) is -3.17. The number of aromatic nitrogens is 4. The van der Waals surface area contributed by atoms with Gasteiger partial charge in [0, 0.05) is 17.8 Å². The van der Waals surface area contributed by atoms with Crippen LogP contribution in [0.5, 0.6) is 0 Å². The highest BCUT2D eigenvalue weighted by atomic mass is 35.5. The fourth-order valence-electron chi connectivity index (χ4n) is 2.85. The quantitative estimate of drug-likeness (QED) is 0.457. The molecule has 6 nitrogen and oxygen atoms in total. The lowest BCUT2D eigenvalue weighted by molar-refractivity contribution is -0.142. The molecule has 1 N–H and O–H groups in total. The van der Waals surface area contributed by atoms with Crippen LogP contribution in [0.3, 0.4) is 0 Å². The van der Waals surface area contributed by atoms with Gasteiger partial charge in [-0.15, -0.1) is 0 Å². The molecule has 0 aliphatic carbocycles. The number of nitrogens with one attached hydrogen (secondary N) is 1. The Hall–Kier alpha value is -3.17. The first-order valence-electron chi connectivity index (χ1n) is 8.84. The smallest absolute Gasteiger partial charge is 0.345 e. The van der Waals surface area contributed by atoms with Crippen LogP contribution in [0.25, 0.3) is 16.9 Å². The number of carbonyl (C=O) groups is 1. The Morgan fingerprint density at radius 3 is 2.55 bits per heavy atom. The van der Waals surface area contributed by atoms with Crippen LogP contribution in [-0.2, 0) is 12.7 Å². The minimum Gasteiger partial charge on any atom is -0.345 e. The van der Waals surface area contributed by atoms with Crippen molar-refractivity contribution >= 4 is 34.8 Å². The SMILES string of the molecule is O=C(NCc1ccccn1)c1cc2nc(-c3ccc(Cl)c(Cl)c3)cc(C(F)(F)F)n2n1. The van der Waals surface area contributed by atoms with E-state index in [2.05, 4.69) is 20.4 Å². The van der Waals surface area contributed by atoms with Crippen molar-refractivity contribution in [1.29, 1.82) is 0 Å². The second-order valence-corrected chi connectivity index (χ2v) is 7.27. The van der Waals surface area contributed by atoms with E-state index >= 15 is 0 Å². The Bertz CT molecular complexity index is 1280. The van der Waals surface area contributed by atoms with Crippen LogP contribution in [-0.4, -0.2) is 25.5 Å². The van der Waals surface area contributed by atoms with Crippen molar-refractivity contribution in [2.45, 2.75) is 12.7 Å². The van der Waals surface area contributed by atoms with Crippen molar-refractivity contribution in [3.8, 4) is 11.3 Å². The fourth-order valence-corrected chi connectivity index (χ4v) is 3.15. The summed E-state index contributed by atoms with van der Waals surface area (Å²) in [5.41, 5.74) is -0.486. The average molecular weight is 466 g/mol. The number of pyridine rings is 1.